The molecule has 0 bridgehead atoms. The van der Waals surface area contributed by atoms with Crippen LogP contribution >= 0.6 is 23.1 Å². The van der Waals surface area contributed by atoms with E-state index in [1.165, 1.54) is 35.2 Å². The maximum Gasteiger partial charge on any atom is 0.269 e. The molecule has 1 aromatic carbocycles. The minimum Gasteiger partial charge on any atom is -0.369 e. The van der Waals surface area contributed by atoms with E-state index < -0.39 is 10.8 Å². The molecule has 2 heterocycles. The van der Waals surface area contributed by atoms with Crippen LogP contribution in [0, 0.1) is 10.1 Å². The number of nitro groups is 1. The van der Waals surface area contributed by atoms with Gasteiger partial charge in [0.2, 0.25) is 16.9 Å². The molecule has 10 nitrogen and oxygen atoms in total. The minimum absolute atomic E-state index is 0.00947. The summed E-state index contributed by atoms with van der Waals surface area (Å²) in [5.41, 5.74) is 5.89. The maximum absolute atomic E-state index is 12.5. The number of amides is 2. The summed E-state index contributed by atoms with van der Waals surface area (Å²) < 4.78 is 0.686. The molecule has 0 spiro atoms. The van der Waals surface area contributed by atoms with Gasteiger partial charge in [0.1, 0.15) is 0 Å². The summed E-state index contributed by atoms with van der Waals surface area (Å²) in [5.74, 6) is -0.245. The zero-order valence-corrected chi connectivity index (χ0v) is 16.4. The van der Waals surface area contributed by atoms with E-state index in [9.17, 15) is 19.7 Å². The van der Waals surface area contributed by atoms with Gasteiger partial charge in [0.15, 0.2) is 4.34 Å². The topological polar surface area (TPSA) is 136 Å². The molecule has 0 radical (unpaired) electrons. The number of anilines is 1. The number of hydrogen-bond acceptors (Lipinski definition) is 9. The molecule has 3 rings (SSSR count). The summed E-state index contributed by atoms with van der Waals surface area (Å²) in [6.45, 7) is 2.41. The van der Waals surface area contributed by atoms with Crippen molar-refractivity contribution in [3.8, 4) is 0 Å². The molecule has 1 fully saturated rings. The van der Waals surface area contributed by atoms with Crippen molar-refractivity contribution in [2.45, 2.75) is 10.8 Å². The van der Waals surface area contributed by atoms with Crippen molar-refractivity contribution < 1.29 is 14.5 Å². The van der Waals surface area contributed by atoms with E-state index in [0.717, 1.165) is 10.7 Å². The summed E-state index contributed by atoms with van der Waals surface area (Å²) in [7, 11) is 0. The van der Waals surface area contributed by atoms with E-state index in [4.69, 9.17) is 5.73 Å². The van der Waals surface area contributed by atoms with Crippen LogP contribution in [-0.2, 0) is 16.0 Å². The summed E-state index contributed by atoms with van der Waals surface area (Å²) in [5, 5.41) is 19.6. The van der Waals surface area contributed by atoms with Crippen molar-refractivity contribution in [2.24, 2.45) is 5.73 Å². The molecule has 2 amide bonds. The zero-order valence-electron chi connectivity index (χ0n) is 14.8. The monoisotopic (exact) mass is 422 g/mol. The molecule has 2 N–H and O–H groups in total. The molecular weight excluding hydrogens is 404 g/mol. The predicted octanol–water partition coefficient (Wildman–Crippen LogP) is 0.915. The maximum atomic E-state index is 12.5. The van der Waals surface area contributed by atoms with Crippen molar-refractivity contribution in [2.75, 3.05) is 36.8 Å². The number of nitrogens with zero attached hydrogens (tertiary/aromatic N) is 5. The Balaban J connectivity index is 1.50. The Morgan fingerprint density at radius 1 is 1.18 bits per heavy atom. The van der Waals surface area contributed by atoms with Gasteiger partial charge in [0, 0.05) is 38.3 Å². The third kappa shape index (κ3) is 5.16. The normalized spacial score (nSPS) is 14.1. The minimum atomic E-state index is -0.462. The zero-order chi connectivity index (χ0) is 20.1. The first-order valence-electron chi connectivity index (χ1n) is 8.43. The van der Waals surface area contributed by atoms with E-state index in [2.05, 4.69) is 15.1 Å². The van der Waals surface area contributed by atoms with Crippen molar-refractivity contribution in [1.29, 1.82) is 0 Å². The fourth-order valence-electron chi connectivity index (χ4n) is 2.69. The SMILES string of the molecule is NC(=O)CSc1nnc(N2CCN(C(=O)Cc3ccc([N+](=O)[O-])cc3)CC2)s1. The van der Waals surface area contributed by atoms with Gasteiger partial charge in [-0.05, 0) is 5.56 Å². The van der Waals surface area contributed by atoms with Crippen LogP contribution in [0.5, 0.6) is 0 Å². The molecular formula is C16H18N6O4S2. The number of hydrogen-bond donors (Lipinski definition) is 1. The second-order valence-electron chi connectivity index (χ2n) is 6.07. The predicted molar refractivity (Wildman–Crippen MR) is 105 cm³/mol. The van der Waals surface area contributed by atoms with Crippen LogP contribution < -0.4 is 10.6 Å². The lowest BCUT2D eigenvalue weighted by Crippen LogP contribution is -2.49. The van der Waals surface area contributed by atoms with E-state index in [1.54, 1.807) is 17.0 Å². The van der Waals surface area contributed by atoms with Gasteiger partial charge in [0.05, 0.1) is 17.1 Å². The highest BCUT2D eigenvalue weighted by atomic mass is 32.2. The average molecular weight is 422 g/mol. The van der Waals surface area contributed by atoms with Crippen molar-refractivity contribution in [3.63, 3.8) is 0 Å². The largest absolute Gasteiger partial charge is 0.369 e. The van der Waals surface area contributed by atoms with Crippen LogP contribution in [0.1, 0.15) is 5.56 Å². The van der Waals surface area contributed by atoms with Crippen molar-refractivity contribution in [3.05, 3.63) is 39.9 Å². The van der Waals surface area contributed by atoms with Gasteiger partial charge in [-0.15, -0.1) is 10.2 Å². The molecule has 148 valence electrons. The average Bonchev–Trinajstić information content (AvgIpc) is 3.16. The third-order valence-corrected chi connectivity index (χ3v) is 6.28. The van der Waals surface area contributed by atoms with E-state index in [1.807, 2.05) is 0 Å². The van der Waals surface area contributed by atoms with Gasteiger partial charge in [-0.1, -0.05) is 35.2 Å². The van der Waals surface area contributed by atoms with Crippen LogP contribution in [0.2, 0.25) is 0 Å². The van der Waals surface area contributed by atoms with E-state index >= 15 is 0 Å². The molecule has 1 saturated heterocycles. The first kappa shape index (κ1) is 20.0. The molecule has 1 aromatic heterocycles. The number of rotatable bonds is 7. The third-order valence-electron chi connectivity index (χ3n) is 4.14. The number of carbonyl (C=O) groups excluding carboxylic acids is 2. The quantitative estimate of drug-likeness (QED) is 0.395. The highest BCUT2D eigenvalue weighted by Gasteiger charge is 2.23. The molecule has 0 aliphatic carbocycles. The first-order chi connectivity index (χ1) is 13.4. The second kappa shape index (κ2) is 8.97. The molecule has 28 heavy (non-hydrogen) atoms. The molecule has 1 aliphatic rings. The number of thioether (sulfide) groups is 1. The number of non-ortho nitro benzene ring substituents is 1. The molecule has 1 aliphatic heterocycles. The fraction of sp³-hybridized carbons (Fsp3) is 0.375. The summed E-state index contributed by atoms with van der Waals surface area (Å²) in [6.07, 6.45) is 0.213. The lowest BCUT2D eigenvalue weighted by Gasteiger charge is -2.34. The number of carbonyl (C=O) groups is 2. The first-order valence-corrected chi connectivity index (χ1v) is 10.2. The van der Waals surface area contributed by atoms with Gasteiger partial charge in [0.25, 0.3) is 5.69 Å². The Hall–Kier alpha value is -2.73. The Morgan fingerprint density at radius 2 is 1.86 bits per heavy atom. The number of benzene rings is 1. The fourth-order valence-corrected chi connectivity index (χ4v) is 4.32. The summed E-state index contributed by atoms with van der Waals surface area (Å²) >= 11 is 2.66. The van der Waals surface area contributed by atoms with Gasteiger partial charge >= 0.3 is 0 Å². The van der Waals surface area contributed by atoms with Gasteiger partial charge in [-0.3, -0.25) is 19.7 Å². The standard InChI is InChI=1S/C16H18N6O4S2/c17-13(23)10-27-16-19-18-15(28-16)21-7-5-20(6-8-21)14(24)9-11-1-3-12(4-2-11)22(25)26/h1-4H,5-10H2,(H2,17,23). The molecule has 0 unspecified atom stereocenters. The van der Waals surface area contributed by atoms with Crippen LogP contribution in [0.15, 0.2) is 28.6 Å². The summed E-state index contributed by atoms with van der Waals surface area (Å²) in [4.78, 5) is 37.4. The van der Waals surface area contributed by atoms with Crippen molar-refractivity contribution in [1.82, 2.24) is 15.1 Å². The number of piperazine rings is 1. The number of aromatic nitrogens is 2. The highest BCUT2D eigenvalue weighted by molar-refractivity contribution is 8.01. The smallest absolute Gasteiger partial charge is 0.269 e. The summed E-state index contributed by atoms with van der Waals surface area (Å²) in [6, 6.07) is 6.03. The lowest BCUT2D eigenvalue weighted by molar-refractivity contribution is -0.384. The Bertz CT molecular complexity index is 864. The van der Waals surface area contributed by atoms with Crippen LogP contribution in [-0.4, -0.2) is 63.8 Å². The molecule has 12 heteroatoms. The van der Waals surface area contributed by atoms with Crippen LogP contribution in [0.25, 0.3) is 0 Å². The van der Waals surface area contributed by atoms with Crippen LogP contribution in [0.3, 0.4) is 0 Å². The van der Waals surface area contributed by atoms with Crippen molar-refractivity contribution >= 4 is 45.7 Å². The highest BCUT2D eigenvalue weighted by Crippen LogP contribution is 2.28. The van der Waals surface area contributed by atoms with Gasteiger partial charge in [-0.25, -0.2) is 0 Å². The number of primary amides is 1. The number of nitrogens with two attached hydrogens (primary N) is 1. The Kier molecular flexibility index (Phi) is 6.41. The Morgan fingerprint density at radius 3 is 2.46 bits per heavy atom. The van der Waals surface area contributed by atoms with Gasteiger partial charge in [-0.2, -0.15) is 0 Å². The van der Waals surface area contributed by atoms with E-state index in [0.29, 0.717) is 30.5 Å². The lowest BCUT2D eigenvalue weighted by atomic mass is 10.1. The van der Waals surface area contributed by atoms with Crippen LogP contribution in [0.4, 0.5) is 10.8 Å². The van der Waals surface area contributed by atoms with E-state index in [-0.39, 0.29) is 23.8 Å². The molecule has 2 aromatic rings. The Labute approximate surface area is 168 Å². The van der Waals surface area contributed by atoms with Gasteiger partial charge < -0.3 is 15.5 Å². The molecule has 0 saturated carbocycles. The number of nitro benzene ring substituents is 1. The molecule has 0 atom stereocenters. The second-order valence-corrected chi connectivity index (χ2v) is 8.25.